The molecule has 0 amide bonds. The highest BCUT2D eigenvalue weighted by molar-refractivity contribution is 6.20. The summed E-state index contributed by atoms with van der Waals surface area (Å²) in [5.74, 6) is 0.863. The summed E-state index contributed by atoms with van der Waals surface area (Å²) in [5.41, 5.74) is 1.86. The molecule has 0 bridgehead atoms. The molecule has 14 heavy (non-hydrogen) atoms. The van der Waals surface area contributed by atoms with Crippen molar-refractivity contribution in [3.63, 3.8) is 0 Å². The van der Waals surface area contributed by atoms with Gasteiger partial charge in [-0.05, 0) is 27.2 Å². The fourth-order valence-electron chi connectivity index (χ4n) is 1.09. The zero-order valence-corrected chi connectivity index (χ0v) is 9.60. The van der Waals surface area contributed by atoms with E-state index in [4.69, 9.17) is 11.6 Å². The first-order valence-electron chi connectivity index (χ1n) is 4.78. The van der Waals surface area contributed by atoms with Crippen LogP contribution in [0.5, 0.6) is 0 Å². The fourth-order valence-corrected chi connectivity index (χ4v) is 1.20. The molecule has 1 unspecified atom stereocenters. The Morgan fingerprint density at radius 3 is 2.86 bits per heavy atom. The summed E-state index contributed by atoms with van der Waals surface area (Å²) in [4.78, 5) is 8.57. The first-order valence-corrected chi connectivity index (χ1v) is 5.21. The average Bonchev–Trinajstić information content (AvgIpc) is 2.10. The first-order chi connectivity index (χ1) is 6.59. The van der Waals surface area contributed by atoms with Crippen LogP contribution in [-0.2, 0) is 0 Å². The summed E-state index contributed by atoms with van der Waals surface area (Å²) in [6.07, 6.45) is 2.70. The van der Waals surface area contributed by atoms with Gasteiger partial charge in [-0.2, -0.15) is 0 Å². The van der Waals surface area contributed by atoms with E-state index in [1.807, 2.05) is 20.8 Å². The monoisotopic (exact) mass is 213 g/mol. The van der Waals surface area contributed by atoms with Gasteiger partial charge in [0.1, 0.15) is 5.82 Å². The average molecular weight is 214 g/mol. The maximum Gasteiger partial charge on any atom is 0.147 e. The molecular formula is C10H16ClN3. The van der Waals surface area contributed by atoms with E-state index in [9.17, 15) is 0 Å². The molecular weight excluding hydrogens is 198 g/mol. The molecule has 1 aromatic heterocycles. The molecule has 0 aliphatic rings. The number of halogens is 1. The highest BCUT2D eigenvalue weighted by atomic mass is 35.5. The molecule has 0 aliphatic carbocycles. The number of aromatic nitrogens is 2. The minimum Gasteiger partial charge on any atom is -0.369 e. The van der Waals surface area contributed by atoms with Gasteiger partial charge in [0.15, 0.2) is 0 Å². The lowest BCUT2D eigenvalue weighted by molar-refractivity contribution is 0.835. The zero-order valence-electron chi connectivity index (χ0n) is 8.84. The number of hydrogen-bond donors (Lipinski definition) is 1. The van der Waals surface area contributed by atoms with Crippen LogP contribution < -0.4 is 5.32 Å². The third-order valence-electron chi connectivity index (χ3n) is 1.91. The highest BCUT2D eigenvalue weighted by Crippen LogP contribution is 2.09. The van der Waals surface area contributed by atoms with Crippen LogP contribution in [0.1, 0.15) is 24.7 Å². The predicted molar refractivity (Wildman–Crippen MR) is 59.9 cm³/mol. The molecule has 1 N–H and O–H groups in total. The fraction of sp³-hybridized carbons (Fsp3) is 0.600. The summed E-state index contributed by atoms with van der Waals surface area (Å²) in [6, 6.07) is 0. The maximum absolute atomic E-state index is 5.84. The van der Waals surface area contributed by atoms with E-state index in [-0.39, 0.29) is 5.38 Å². The Balaban J connectivity index is 2.53. The highest BCUT2D eigenvalue weighted by Gasteiger charge is 2.01. The third kappa shape index (κ3) is 3.50. The summed E-state index contributed by atoms with van der Waals surface area (Å²) in [7, 11) is 0. The van der Waals surface area contributed by atoms with Crippen LogP contribution in [0, 0.1) is 13.8 Å². The van der Waals surface area contributed by atoms with Gasteiger partial charge < -0.3 is 5.32 Å². The van der Waals surface area contributed by atoms with Crippen molar-refractivity contribution >= 4 is 17.4 Å². The smallest absolute Gasteiger partial charge is 0.147 e. The molecule has 0 aromatic carbocycles. The second-order valence-electron chi connectivity index (χ2n) is 3.44. The molecule has 4 heteroatoms. The van der Waals surface area contributed by atoms with Crippen LogP contribution in [0.3, 0.4) is 0 Å². The van der Waals surface area contributed by atoms with E-state index in [2.05, 4.69) is 15.3 Å². The summed E-state index contributed by atoms with van der Waals surface area (Å²) >= 11 is 5.84. The quantitative estimate of drug-likeness (QED) is 0.782. The Morgan fingerprint density at radius 1 is 1.50 bits per heavy atom. The summed E-state index contributed by atoms with van der Waals surface area (Å²) < 4.78 is 0. The number of nitrogens with one attached hydrogen (secondary N) is 1. The lowest BCUT2D eigenvalue weighted by atomic mass is 10.3. The van der Waals surface area contributed by atoms with Crippen LogP contribution in [0.2, 0.25) is 0 Å². The Hall–Kier alpha value is -0.830. The number of aryl methyl sites for hydroxylation is 2. The molecule has 0 saturated carbocycles. The van der Waals surface area contributed by atoms with Crippen LogP contribution >= 0.6 is 11.6 Å². The van der Waals surface area contributed by atoms with E-state index in [1.54, 1.807) is 6.20 Å². The SMILES string of the molecule is Cc1cnc(C)c(NCCC(C)Cl)n1. The minimum absolute atomic E-state index is 0.195. The minimum atomic E-state index is 0.195. The largest absolute Gasteiger partial charge is 0.369 e. The van der Waals surface area contributed by atoms with Crippen LogP contribution in [-0.4, -0.2) is 21.9 Å². The number of hydrogen-bond acceptors (Lipinski definition) is 3. The molecule has 1 heterocycles. The van der Waals surface area contributed by atoms with Crippen molar-refractivity contribution in [2.24, 2.45) is 0 Å². The standard InChI is InChI=1S/C10H16ClN3/c1-7(11)4-5-12-10-9(3)13-6-8(2)14-10/h6-7H,4-5H2,1-3H3,(H,12,14). The van der Waals surface area contributed by atoms with Gasteiger partial charge in [-0.3, -0.25) is 4.98 Å². The van der Waals surface area contributed by atoms with Gasteiger partial charge in [-0.25, -0.2) is 4.98 Å². The number of alkyl halides is 1. The van der Waals surface area contributed by atoms with Crippen molar-refractivity contribution in [1.29, 1.82) is 0 Å². The second-order valence-corrected chi connectivity index (χ2v) is 4.19. The van der Waals surface area contributed by atoms with Gasteiger partial charge in [0.05, 0.1) is 11.4 Å². The van der Waals surface area contributed by atoms with Crippen molar-refractivity contribution in [1.82, 2.24) is 9.97 Å². The van der Waals surface area contributed by atoms with Gasteiger partial charge in [0.25, 0.3) is 0 Å². The maximum atomic E-state index is 5.84. The Kier molecular flexibility index (Phi) is 4.14. The van der Waals surface area contributed by atoms with E-state index >= 15 is 0 Å². The summed E-state index contributed by atoms with van der Waals surface area (Å²) in [6.45, 7) is 6.70. The Morgan fingerprint density at radius 2 is 2.21 bits per heavy atom. The van der Waals surface area contributed by atoms with Gasteiger partial charge in [0.2, 0.25) is 0 Å². The van der Waals surface area contributed by atoms with Crippen molar-refractivity contribution in [3.8, 4) is 0 Å². The van der Waals surface area contributed by atoms with Crippen LogP contribution in [0.4, 0.5) is 5.82 Å². The number of rotatable bonds is 4. The molecule has 0 fully saturated rings. The molecule has 78 valence electrons. The number of nitrogens with zero attached hydrogens (tertiary/aromatic N) is 2. The predicted octanol–water partition coefficient (Wildman–Crippen LogP) is 2.52. The van der Waals surface area contributed by atoms with Crippen LogP contribution in [0.25, 0.3) is 0 Å². The topological polar surface area (TPSA) is 37.8 Å². The normalized spacial score (nSPS) is 12.6. The summed E-state index contributed by atoms with van der Waals surface area (Å²) in [5, 5.41) is 3.42. The van der Waals surface area contributed by atoms with Crippen molar-refractivity contribution in [3.05, 3.63) is 17.6 Å². The van der Waals surface area contributed by atoms with E-state index < -0.39 is 0 Å². The van der Waals surface area contributed by atoms with E-state index in [0.29, 0.717) is 0 Å². The number of anilines is 1. The van der Waals surface area contributed by atoms with Crippen molar-refractivity contribution in [2.75, 3.05) is 11.9 Å². The molecule has 1 aromatic rings. The van der Waals surface area contributed by atoms with Crippen molar-refractivity contribution in [2.45, 2.75) is 32.6 Å². The molecule has 1 atom stereocenters. The van der Waals surface area contributed by atoms with Gasteiger partial charge in [0, 0.05) is 18.1 Å². The van der Waals surface area contributed by atoms with Crippen molar-refractivity contribution < 1.29 is 0 Å². The molecule has 3 nitrogen and oxygen atoms in total. The van der Waals surface area contributed by atoms with Crippen LogP contribution in [0.15, 0.2) is 6.20 Å². The van der Waals surface area contributed by atoms with E-state index in [0.717, 1.165) is 30.2 Å². The Bertz CT molecular complexity index is 299. The lowest BCUT2D eigenvalue weighted by Gasteiger charge is -2.08. The Labute approximate surface area is 89.9 Å². The second kappa shape index (κ2) is 5.15. The third-order valence-corrected chi connectivity index (χ3v) is 2.13. The van der Waals surface area contributed by atoms with E-state index in [1.165, 1.54) is 0 Å². The molecule has 0 spiro atoms. The zero-order chi connectivity index (χ0) is 10.6. The first kappa shape index (κ1) is 11.2. The van der Waals surface area contributed by atoms with Gasteiger partial charge in [-0.15, -0.1) is 11.6 Å². The molecule has 1 rings (SSSR count). The molecule has 0 radical (unpaired) electrons. The van der Waals surface area contributed by atoms with Gasteiger partial charge >= 0.3 is 0 Å². The molecule has 0 aliphatic heterocycles. The lowest BCUT2D eigenvalue weighted by Crippen LogP contribution is -2.09. The molecule has 0 saturated heterocycles. The van der Waals surface area contributed by atoms with Gasteiger partial charge in [-0.1, -0.05) is 0 Å².